The van der Waals surface area contributed by atoms with Gasteiger partial charge in [-0.25, -0.2) is 8.42 Å². The van der Waals surface area contributed by atoms with Crippen LogP contribution in [0.5, 0.6) is 0 Å². The first-order valence-corrected chi connectivity index (χ1v) is 11.1. The molecule has 0 radical (unpaired) electrons. The summed E-state index contributed by atoms with van der Waals surface area (Å²) < 4.78 is 27.2. The van der Waals surface area contributed by atoms with Gasteiger partial charge >= 0.3 is 0 Å². The minimum atomic E-state index is -3.76. The van der Waals surface area contributed by atoms with Gasteiger partial charge in [0.15, 0.2) is 0 Å². The Kier molecular flexibility index (Phi) is 5.04. The van der Waals surface area contributed by atoms with Gasteiger partial charge in [-0.15, -0.1) is 0 Å². The third kappa shape index (κ3) is 3.60. The van der Waals surface area contributed by atoms with Gasteiger partial charge < -0.3 is 4.90 Å². The Labute approximate surface area is 170 Å². The average molecular weight is 413 g/mol. The molecule has 2 aromatic rings. The summed E-state index contributed by atoms with van der Waals surface area (Å²) in [5, 5.41) is 0. The molecule has 2 aliphatic rings. The summed E-state index contributed by atoms with van der Waals surface area (Å²) in [5.74, 6) is -0.526. The number of imide groups is 1. The molecule has 2 heterocycles. The quantitative estimate of drug-likeness (QED) is 0.705. The lowest BCUT2D eigenvalue weighted by atomic mass is 10.2. The number of nitrogens with zero attached hydrogens (tertiary/aromatic N) is 3. The normalized spacial score (nSPS) is 17.3. The Morgan fingerprint density at radius 1 is 0.793 bits per heavy atom. The van der Waals surface area contributed by atoms with E-state index in [-0.39, 0.29) is 29.6 Å². The van der Waals surface area contributed by atoms with Crippen molar-refractivity contribution in [3.8, 4) is 0 Å². The van der Waals surface area contributed by atoms with Crippen molar-refractivity contribution in [2.75, 3.05) is 34.2 Å². The molecule has 2 saturated heterocycles. The SMILES string of the molecule is CN(c1ccc(N2CCCC2)cc1)S(=O)(=O)c1ccc(N2C(=O)CCC2=O)cc1. The first kappa shape index (κ1) is 19.4. The third-order valence-electron chi connectivity index (χ3n) is 5.49. The first-order chi connectivity index (χ1) is 13.9. The van der Waals surface area contributed by atoms with E-state index in [1.54, 1.807) is 12.1 Å². The van der Waals surface area contributed by atoms with Crippen molar-refractivity contribution in [3.05, 3.63) is 48.5 Å². The predicted octanol–water partition coefficient (Wildman–Crippen LogP) is 2.77. The van der Waals surface area contributed by atoms with Crippen LogP contribution in [0.3, 0.4) is 0 Å². The van der Waals surface area contributed by atoms with Gasteiger partial charge in [0, 0.05) is 38.7 Å². The van der Waals surface area contributed by atoms with E-state index >= 15 is 0 Å². The number of sulfonamides is 1. The van der Waals surface area contributed by atoms with Crippen LogP contribution in [0.2, 0.25) is 0 Å². The Morgan fingerprint density at radius 3 is 1.86 bits per heavy atom. The van der Waals surface area contributed by atoms with E-state index in [1.807, 2.05) is 12.1 Å². The summed E-state index contributed by atoms with van der Waals surface area (Å²) >= 11 is 0. The van der Waals surface area contributed by atoms with E-state index in [9.17, 15) is 18.0 Å². The Morgan fingerprint density at radius 2 is 1.31 bits per heavy atom. The van der Waals surface area contributed by atoms with E-state index in [4.69, 9.17) is 0 Å². The lowest BCUT2D eigenvalue weighted by Crippen LogP contribution is -2.29. The summed E-state index contributed by atoms with van der Waals surface area (Å²) in [6.45, 7) is 2.06. The molecule has 0 spiro atoms. The fourth-order valence-electron chi connectivity index (χ4n) is 3.78. The highest BCUT2D eigenvalue weighted by molar-refractivity contribution is 7.92. The Balaban J connectivity index is 1.54. The van der Waals surface area contributed by atoms with Crippen LogP contribution < -0.4 is 14.1 Å². The molecule has 0 N–H and O–H groups in total. The molecule has 0 atom stereocenters. The lowest BCUT2D eigenvalue weighted by Gasteiger charge is -2.22. The van der Waals surface area contributed by atoms with Crippen molar-refractivity contribution >= 4 is 38.9 Å². The monoisotopic (exact) mass is 413 g/mol. The highest BCUT2D eigenvalue weighted by atomic mass is 32.2. The zero-order chi connectivity index (χ0) is 20.6. The van der Waals surface area contributed by atoms with Crippen LogP contribution in [0.25, 0.3) is 0 Å². The number of rotatable bonds is 5. The van der Waals surface area contributed by atoms with Crippen molar-refractivity contribution in [1.29, 1.82) is 0 Å². The fourth-order valence-corrected chi connectivity index (χ4v) is 4.97. The Bertz CT molecular complexity index is 1010. The van der Waals surface area contributed by atoms with Crippen LogP contribution in [0.4, 0.5) is 17.1 Å². The highest BCUT2D eigenvalue weighted by Gasteiger charge is 2.30. The predicted molar refractivity (Wildman–Crippen MR) is 112 cm³/mol. The molecule has 29 heavy (non-hydrogen) atoms. The van der Waals surface area contributed by atoms with E-state index in [0.717, 1.165) is 23.7 Å². The molecule has 8 heteroatoms. The largest absolute Gasteiger partial charge is 0.372 e. The second-order valence-corrected chi connectivity index (χ2v) is 9.27. The zero-order valence-electron chi connectivity index (χ0n) is 16.2. The van der Waals surface area contributed by atoms with Gasteiger partial charge in [0.05, 0.1) is 16.3 Å². The number of carbonyl (C=O) groups is 2. The van der Waals surface area contributed by atoms with E-state index < -0.39 is 10.0 Å². The maximum absolute atomic E-state index is 13.0. The molecule has 2 aromatic carbocycles. The second kappa shape index (κ2) is 7.51. The molecule has 0 aliphatic carbocycles. The number of anilines is 3. The summed E-state index contributed by atoms with van der Waals surface area (Å²) in [6.07, 6.45) is 2.74. The molecule has 7 nitrogen and oxygen atoms in total. The van der Waals surface area contributed by atoms with Crippen molar-refractivity contribution in [2.45, 2.75) is 30.6 Å². The number of amides is 2. The number of hydrogen-bond acceptors (Lipinski definition) is 5. The van der Waals surface area contributed by atoms with Crippen LogP contribution in [0.1, 0.15) is 25.7 Å². The molecule has 4 rings (SSSR count). The Hall–Kier alpha value is -2.87. The van der Waals surface area contributed by atoms with Gasteiger partial charge in [0.1, 0.15) is 0 Å². The smallest absolute Gasteiger partial charge is 0.264 e. The molecule has 0 unspecified atom stereocenters. The molecular weight excluding hydrogens is 390 g/mol. The van der Waals surface area contributed by atoms with Crippen LogP contribution in [0.15, 0.2) is 53.4 Å². The maximum Gasteiger partial charge on any atom is 0.264 e. The van der Waals surface area contributed by atoms with Crippen molar-refractivity contribution in [3.63, 3.8) is 0 Å². The average Bonchev–Trinajstić information content (AvgIpc) is 3.38. The minimum absolute atomic E-state index is 0.103. The van der Waals surface area contributed by atoms with Gasteiger partial charge in [-0.3, -0.25) is 18.8 Å². The van der Waals surface area contributed by atoms with Crippen molar-refractivity contribution in [2.24, 2.45) is 0 Å². The van der Waals surface area contributed by atoms with Crippen LogP contribution in [-0.2, 0) is 19.6 Å². The lowest BCUT2D eigenvalue weighted by molar-refractivity contribution is -0.121. The molecule has 0 aromatic heterocycles. The van der Waals surface area contributed by atoms with Gasteiger partial charge in [-0.2, -0.15) is 0 Å². The van der Waals surface area contributed by atoms with Crippen molar-refractivity contribution < 1.29 is 18.0 Å². The fraction of sp³-hybridized carbons (Fsp3) is 0.333. The number of hydrogen-bond donors (Lipinski definition) is 0. The minimum Gasteiger partial charge on any atom is -0.372 e. The van der Waals surface area contributed by atoms with Crippen LogP contribution in [-0.4, -0.2) is 40.4 Å². The topological polar surface area (TPSA) is 78.0 Å². The highest BCUT2D eigenvalue weighted by Crippen LogP contribution is 2.28. The standard InChI is InChI=1S/C21H23N3O4S/c1-22(16-4-6-17(7-5-16)23-14-2-3-15-23)29(27,28)19-10-8-18(9-11-19)24-20(25)12-13-21(24)26/h4-11H,2-3,12-15H2,1H3. The molecule has 152 valence electrons. The number of carbonyl (C=O) groups excluding carboxylic acids is 2. The van der Waals surface area contributed by atoms with Gasteiger partial charge in [0.2, 0.25) is 11.8 Å². The summed E-state index contributed by atoms with van der Waals surface area (Å²) in [6, 6.07) is 13.4. The van der Waals surface area contributed by atoms with E-state index in [1.165, 1.54) is 48.5 Å². The molecule has 2 amide bonds. The van der Waals surface area contributed by atoms with Crippen LogP contribution >= 0.6 is 0 Å². The molecule has 2 fully saturated rings. The van der Waals surface area contributed by atoms with Crippen LogP contribution in [0, 0.1) is 0 Å². The van der Waals surface area contributed by atoms with Gasteiger partial charge in [0.25, 0.3) is 10.0 Å². The number of benzene rings is 2. The second-order valence-electron chi connectivity index (χ2n) is 7.30. The third-order valence-corrected chi connectivity index (χ3v) is 7.29. The van der Waals surface area contributed by atoms with Crippen molar-refractivity contribution in [1.82, 2.24) is 0 Å². The summed E-state index contributed by atoms with van der Waals surface area (Å²) in [7, 11) is -2.24. The summed E-state index contributed by atoms with van der Waals surface area (Å²) in [4.78, 5) is 27.2. The molecule has 2 aliphatic heterocycles. The van der Waals surface area contributed by atoms with Gasteiger partial charge in [-0.1, -0.05) is 0 Å². The van der Waals surface area contributed by atoms with E-state index in [2.05, 4.69) is 4.90 Å². The molecule has 0 saturated carbocycles. The maximum atomic E-state index is 13.0. The molecule has 0 bridgehead atoms. The zero-order valence-corrected chi connectivity index (χ0v) is 17.1. The summed E-state index contributed by atoms with van der Waals surface area (Å²) in [5.41, 5.74) is 2.07. The first-order valence-electron chi connectivity index (χ1n) is 9.68. The van der Waals surface area contributed by atoms with Gasteiger partial charge in [-0.05, 0) is 61.4 Å². The molecular formula is C21H23N3O4S. The van der Waals surface area contributed by atoms with E-state index in [0.29, 0.717) is 11.4 Å².